The SMILES string of the molecule is Cc1ccc(C2(C)NC(=O)N(CC(=O)N3CCN(c4ncc(C(F)(F)F)cc4Cl)CC3)C2=O)o1. The Kier molecular flexibility index (Phi) is 5.96. The molecular formula is C21H21ClF3N5O4. The molecule has 2 fully saturated rings. The Hall–Kier alpha value is -3.28. The molecule has 2 saturated heterocycles. The quantitative estimate of drug-likeness (QED) is 0.650. The van der Waals surface area contributed by atoms with Crippen molar-refractivity contribution in [3.63, 3.8) is 0 Å². The lowest BCUT2D eigenvalue weighted by Gasteiger charge is -2.36. The van der Waals surface area contributed by atoms with Crippen LogP contribution in [0.3, 0.4) is 0 Å². The van der Waals surface area contributed by atoms with Crippen LogP contribution in [0.2, 0.25) is 5.02 Å². The van der Waals surface area contributed by atoms with Gasteiger partial charge in [-0.3, -0.25) is 14.5 Å². The van der Waals surface area contributed by atoms with E-state index < -0.39 is 41.7 Å². The van der Waals surface area contributed by atoms with E-state index in [0.29, 0.717) is 12.0 Å². The van der Waals surface area contributed by atoms with Gasteiger partial charge in [0.25, 0.3) is 5.91 Å². The number of amides is 4. The molecule has 34 heavy (non-hydrogen) atoms. The largest absolute Gasteiger partial charge is 0.463 e. The number of carbonyl (C=O) groups is 3. The highest BCUT2D eigenvalue weighted by Gasteiger charge is 2.51. The molecule has 2 aromatic rings. The molecule has 182 valence electrons. The highest BCUT2D eigenvalue weighted by molar-refractivity contribution is 6.33. The zero-order valence-corrected chi connectivity index (χ0v) is 19.0. The minimum absolute atomic E-state index is 0.138. The molecule has 1 atom stereocenters. The normalized spacial score (nSPS) is 21.3. The average Bonchev–Trinajstić information content (AvgIpc) is 3.31. The number of alkyl halides is 3. The lowest BCUT2D eigenvalue weighted by molar-refractivity contribution is -0.139. The van der Waals surface area contributed by atoms with E-state index in [2.05, 4.69) is 10.3 Å². The van der Waals surface area contributed by atoms with E-state index in [1.807, 2.05) is 0 Å². The summed E-state index contributed by atoms with van der Waals surface area (Å²) in [6, 6.07) is 3.38. The maximum atomic E-state index is 12.9. The van der Waals surface area contributed by atoms with Gasteiger partial charge in [0.15, 0.2) is 5.54 Å². The van der Waals surface area contributed by atoms with Gasteiger partial charge in [-0.05, 0) is 32.0 Å². The minimum atomic E-state index is -4.55. The number of anilines is 1. The second-order valence-corrected chi connectivity index (χ2v) is 8.66. The predicted octanol–water partition coefficient (Wildman–Crippen LogP) is 2.77. The molecule has 0 saturated carbocycles. The number of urea groups is 1. The minimum Gasteiger partial charge on any atom is -0.463 e. The number of halogens is 4. The number of hydrogen-bond acceptors (Lipinski definition) is 6. The fraction of sp³-hybridized carbons (Fsp3) is 0.429. The second kappa shape index (κ2) is 8.49. The number of furan rings is 1. The fourth-order valence-electron chi connectivity index (χ4n) is 3.93. The number of pyridine rings is 1. The molecule has 2 aromatic heterocycles. The van der Waals surface area contributed by atoms with Crippen molar-refractivity contribution in [3.8, 4) is 0 Å². The van der Waals surface area contributed by atoms with Gasteiger partial charge < -0.3 is 19.5 Å². The number of carbonyl (C=O) groups excluding carboxylic acids is 3. The third-order valence-corrected chi connectivity index (χ3v) is 6.16. The predicted molar refractivity (Wildman–Crippen MR) is 114 cm³/mol. The molecule has 9 nitrogen and oxygen atoms in total. The molecule has 4 heterocycles. The molecule has 0 spiro atoms. The number of nitrogens with one attached hydrogen (secondary N) is 1. The van der Waals surface area contributed by atoms with Crippen LogP contribution in [-0.4, -0.2) is 65.4 Å². The molecule has 0 aliphatic carbocycles. The van der Waals surface area contributed by atoms with Gasteiger partial charge in [0.2, 0.25) is 5.91 Å². The molecule has 0 bridgehead atoms. The van der Waals surface area contributed by atoms with Crippen LogP contribution in [0.5, 0.6) is 0 Å². The summed E-state index contributed by atoms with van der Waals surface area (Å²) in [6.45, 7) is 3.75. The Morgan fingerprint density at radius 1 is 1.24 bits per heavy atom. The number of hydrogen-bond donors (Lipinski definition) is 1. The standard InChI is InChI=1S/C21H21ClF3N5O4/c1-12-3-4-15(34-12)20(2)18(32)30(19(33)27-20)11-16(31)28-5-7-29(8-6-28)17-14(22)9-13(10-26-17)21(23,24)25/h3-4,9-10H,5-8,11H2,1-2H3,(H,27,33). The van der Waals surface area contributed by atoms with Gasteiger partial charge >= 0.3 is 12.2 Å². The highest BCUT2D eigenvalue weighted by Crippen LogP contribution is 2.34. The summed E-state index contributed by atoms with van der Waals surface area (Å²) in [5.74, 6) is 0.00980. The van der Waals surface area contributed by atoms with Gasteiger partial charge in [0.1, 0.15) is 23.9 Å². The van der Waals surface area contributed by atoms with Crippen LogP contribution in [-0.2, 0) is 21.3 Å². The van der Waals surface area contributed by atoms with E-state index in [4.69, 9.17) is 16.0 Å². The summed E-state index contributed by atoms with van der Waals surface area (Å²) < 4.78 is 44.0. The van der Waals surface area contributed by atoms with Crippen molar-refractivity contribution in [2.24, 2.45) is 0 Å². The number of nitrogens with zero attached hydrogens (tertiary/aromatic N) is 4. The van der Waals surface area contributed by atoms with Gasteiger partial charge in [0, 0.05) is 32.4 Å². The zero-order valence-electron chi connectivity index (χ0n) is 18.3. The van der Waals surface area contributed by atoms with Gasteiger partial charge in [-0.25, -0.2) is 9.78 Å². The molecule has 4 amide bonds. The molecule has 2 aliphatic rings. The Bertz CT molecular complexity index is 1150. The summed E-state index contributed by atoms with van der Waals surface area (Å²) in [4.78, 5) is 46.0. The van der Waals surface area contributed by atoms with E-state index in [0.717, 1.165) is 11.0 Å². The third kappa shape index (κ3) is 4.29. The monoisotopic (exact) mass is 499 g/mol. The molecule has 0 radical (unpaired) electrons. The van der Waals surface area contributed by atoms with E-state index >= 15 is 0 Å². The summed E-state index contributed by atoms with van der Waals surface area (Å²) in [5.41, 5.74) is -2.35. The first-order valence-corrected chi connectivity index (χ1v) is 10.7. The van der Waals surface area contributed by atoms with Crippen LogP contribution in [0.15, 0.2) is 28.8 Å². The van der Waals surface area contributed by atoms with Crippen molar-refractivity contribution >= 4 is 35.3 Å². The highest BCUT2D eigenvalue weighted by atomic mass is 35.5. The summed E-state index contributed by atoms with van der Waals surface area (Å²) in [6.07, 6.45) is -3.83. The Morgan fingerprint density at radius 3 is 2.47 bits per heavy atom. The van der Waals surface area contributed by atoms with E-state index in [1.54, 1.807) is 24.0 Å². The van der Waals surface area contributed by atoms with E-state index in [-0.39, 0.29) is 42.8 Å². The van der Waals surface area contributed by atoms with Crippen LogP contribution in [0.1, 0.15) is 24.0 Å². The fourth-order valence-corrected chi connectivity index (χ4v) is 4.22. The summed E-state index contributed by atoms with van der Waals surface area (Å²) >= 11 is 6.01. The first-order valence-electron chi connectivity index (χ1n) is 10.4. The lowest BCUT2D eigenvalue weighted by Crippen LogP contribution is -2.52. The average molecular weight is 500 g/mol. The second-order valence-electron chi connectivity index (χ2n) is 8.25. The summed E-state index contributed by atoms with van der Waals surface area (Å²) in [5, 5.41) is 2.44. The summed E-state index contributed by atoms with van der Waals surface area (Å²) in [7, 11) is 0. The smallest absolute Gasteiger partial charge is 0.417 e. The maximum absolute atomic E-state index is 12.9. The van der Waals surface area contributed by atoms with Crippen LogP contribution in [0.25, 0.3) is 0 Å². The van der Waals surface area contributed by atoms with Crippen molar-refractivity contribution in [2.45, 2.75) is 25.6 Å². The third-order valence-electron chi connectivity index (χ3n) is 5.88. The molecule has 1 unspecified atom stereocenters. The van der Waals surface area contributed by atoms with Crippen LogP contribution in [0, 0.1) is 6.92 Å². The zero-order chi connectivity index (χ0) is 24.8. The maximum Gasteiger partial charge on any atom is 0.417 e. The lowest BCUT2D eigenvalue weighted by atomic mass is 9.99. The van der Waals surface area contributed by atoms with Crippen molar-refractivity contribution in [1.82, 2.24) is 20.1 Å². The van der Waals surface area contributed by atoms with E-state index in [1.165, 1.54) is 11.8 Å². The molecule has 0 aromatic carbocycles. The molecule has 1 N–H and O–H groups in total. The first-order chi connectivity index (χ1) is 15.9. The number of aromatic nitrogens is 1. The van der Waals surface area contributed by atoms with Gasteiger partial charge in [0.05, 0.1) is 10.6 Å². The molecule has 4 rings (SSSR count). The van der Waals surface area contributed by atoms with Crippen molar-refractivity contribution in [1.29, 1.82) is 0 Å². The first kappa shape index (κ1) is 23.9. The molecule has 13 heteroatoms. The Labute approximate surface area is 197 Å². The van der Waals surface area contributed by atoms with Crippen LogP contribution >= 0.6 is 11.6 Å². The molecular weight excluding hydrogens is 479 g/mol. The number of piperazine rings is 1. The van der Waals surface area contributed by atoms with Crippen molar-refractivity contribution in [3.05, 3.63) is 46.5 Å². The van der Waals surface area contributed by atoms with Crippen LogP contribution in [0.4, 0.5) is 23.8 Å². The Morgan fingerprint density at radius 2 is 1.91 bits per heavy atom. The van der Waals surface area contributed by atoms with Gasteiger partial charge in [-0.15, -0.1) is 0 Å². The number of rotatable bonds is 4. The van der Waals surface area contributed by atoms with Crippen LogP contribution < -0.4 is 10.2 Å². The van der Waals surface area contributed by atoms with Crippen molar-refractivity contribution in [2.75, 3.05) is 37.6 Å². The van der Waals surface area contributed by atoms with Gasteiger partial charge in [-0.2, -0.15) is 13.2 Å². The number of aryl methyl sites for hydroxylation is 1. The Balaban J connectivity index is 1.38. The van der Waals surface area contributed by atoms with Crippen molar-refractivity contribution < 1.29 is 32.0 Å². The molecule has 2 aliphatic heterocycles. The van der Waals surface area contributed by atoms with Gasteiger partial charge in [-0.1, -0.05) is 11.6 Å². The topological polar surface area (TPSA) is 99.0 Å². The van der Waals surface area contributed by atoms with E-state index in [9.17, 15) is 27.6 Å². The number of imide groups is 1.